The van der Waals surface area contributed by atoms with Crippen LogP contribution >= 0.6 is 0 Å². The number of amides is 1. The van der Waals surface area contributed by atoms with Crippen LogP contribution in [0.5, 0.6) is 0 Å². The molecule has 1 aromatic carbocycles. The zero-order valence-electron chi connectivity index (χ0n) is 19.4. The summed E-state index contributed by atoms with van der Waals surface area (Å²) in [6, 6.07) is 0.235. The molecular formula is C22H17F7N6O3S. The second kappa shape index (κ2) is 10.4. The highest BCUT2D eigenvalue weighted by Gasteiger charge is 2.56. The fourth-order valence-electron chi connectivity index (χ4n) is 3.96. The van der Waals surface area contributed by atoms with E-state index in [9.17, 15) is 43.9 Å². The Kier molecular flexibility index (Phi) is 7.57. The number of rotatable bonds is 6. The van der Waals surface area contributed by atoms with E-state index < -0.39 is 69.7 Å². The van der Waals surface area contributed by atoms with Gasteiger partial charge in [0.05, 0.1) is 22.8 Å². The van der Waals surface area contributed by atoms with Gasteiger partial charge in [0, 0.05) is 18.0 Å². The molecule has 0 unspecified atom stereocenters. The topological polar surface area (TPSA) is 118 Å². The Hall–Kier alpha value is -3.73. The smallest absolute Gasteiger partial charge is 0.349 e. The second-order valence-electron chi connectivity index (χ2n) is 8.34. The number of sulfonamides is 1. The summed E-state index contributed by atoms with van der Waals surface area (Å²) in [5.41, 5.74) is 0.311. The van der Waals surface area contributed by atoms with Gasteiger partial charge in [-0.2, -0.15) is 30.6 Å². The van der Waals surface area contributed by atoms with Crippen LogP contribution in [0.2, 0.25) is 0 Å². The Morgan fingerprint density at radius 3 is 2.21 bits per heavy atom. The van der Waals surface area contributed by atoms with Crippen LogP contribution in [0.4, 0.5) is 30.7 Å². The molecule has 9 nitrogen and oxygen atoms in total. The van der Waals surface area contributed by atoms with Crippen molar-refractivity contribution in [3.8, 4) is 11.3 Å². The van der Waals surface area contributed by atoms with Gasteiger partial charge < -0.3 is 5.32 Å². The van der Waals surface area contributed by atoms with E-state index in [2.05, 4.69) is 25.3 Å². The lowest BCUT2D eigenvalue weighted by Crippen LogP contribution is -2.52. The normalized spacial score (nSPS) is 18.7. The minimum Gasteiger partial charge on any atom is -0.349 e. The number of alkyl halides is 6. The Bertz CT molecular complexity index is 1450. The first kappa shape index (κ1) is 28.3. The average molecular weight is 578 g/mol. The molecule has 1 N–H and O–H groups in total. The van der Waals surface area contributed by atoms with E-state index in [1.54, 1.807) is 0 Å². The van der Waals surface area contributed by atoms with Crippen LogP contribution in [0.3, 0.4) is 0 Å². The number of hydrogen-bond acceptors (Lipinski definition) is 7. The lowest BCUT2D eigenvalue weighted by molar-refractivity contribution is -0.167. The van der Waals surface area contributed by atoms with Crippen LogP contribution in [0.25, 0.3) is 11.3 Å². The summed E-state index contributed by atoms with van der Waals surface area (Å²) in [7, 11) is -4.86. The summed E-state index contributed by atoms with van der Waals surface area (Å²) in [5.74, 6) is -3.20. The summed E-state index contributed by atoms with van der Waals surface area (Å²) < 4.78 is 119. The molecule has 2 atom stereocenters. The van der Waals surface area contributed by atoms with Crippen molar-refractivity contribution in [3.05, 3.63) is 66.4 Å². The standard InChI is InChI=1S/C22H17F7N6O3S/c23-13-1-3-15(4-2-13)39(37,38)35-17(5-6-18(35)21(24,25)26)19(36)30-10-14-7-16(34-11-33-14)12-8-31-20(32-9-12)22(27,28)29/h1-4,7-9,11,17-18H,5-6,10H2,(H,30,36)/t17-,18+/m0/s1. The molecule has 0 aliphatic carbocycles. The molecule has 17 heteroatoms. The number of nitrogens with zero attached hydrogens (tertiary/aromatic N) is 5. The number of hydrogen-bond donors (Lipinski definition) is 1. The van der Waals surface area contributed by atoms with Gasteiger partial charge in [0.25, 0.3) is 0 Å². The van der Waals surface area contributed by atoms with Gasteiger partial charge in [-0.15, -0.1) is 0 Å². The third-order valence-electron chi connectivity index (χ3n) is 5.77. The minimum absolute atomic E-state index is 0.0839. The molecule has 1 aliphatic heterocycles. The van der Waals surface area contributed by atoms with Gasteiger partial charge in [-0.25, -0.2) is 32.7 Å². The zero-order chi connectivity index (χ0) is 28.6. The van der Waals surface area contributed by atoms with E-state index in [1.165, 1.54) is 6.07 Å². The average Bonchev–Trinajstić information content (AvgIpc) is 3.35. The molecule has 4 rings (SSSR count). The molecule has 0 saturated carbocycles. The van der Waals surface area contributed by atoms with Gasteiger partial charge in [-0.05, 0) is 43.2 Å². The number of carbonyl (C=O) groups is 1. The van der Waals surface area contributed by atoms with Crippen LogP contribution in [0, 0.1) is 5.82 Å². The van der Waals surface area contributed by atoms with Gasteiger partial charge in [0.15, 0.2) is 0 Å². The Morgan fingerprint density at radius 2 is 1.62 bits per heavy atom. The number of carbonyl (C=O) groups excluding carboxylic acids is 1. The number of aromatic nitrogens is 4. The molecule has 1 amide bonds. The van der Waals surface area contributed by atoms with Crippen molar-refractivity contribution >= 4 is 15.9 Å². The molecule has 3 aromatic rings. The fraction of sp³-hybridized carbons (Fsp3) is 0.318. The summed E-state index contributed by atoms with van der Waals surface area (Å²) in [6.45, 7) is -0.368. The zero-order valence-corrected chi connectivity index (χ0v) is 20.2. The third kappa shape index (κ3) is 6.13. The molecule has 1 saturated heterocycles. The highest BCUT2D eigenvalue weighted by atomic mass is 32.2. The first-order chi connectivity index (χ1) is 18.2. The van der Waals surface area contributed by atoms with Crippen molar-refractivity contribution in [2.45, 2.75) is 48.7 Å². The summed E-state index contributed by atoms with van der Waals surface area (Å²) >= 11 is 0. The Labute approximate surface area is 216 Å². The van der Waals surface area contributed by atoms with Gasteiger partial charge in [0.2, 0.25) is 21.8 Å². The predicted molar refractivity (Wildman–Crippen MR) is 118 cm³/mol. The second-order valence-corrected chi connectivity index (χ2v) is 10.2. The van der Waals surface area contributed by atoms with Gasteiger partial charge in [-0.3, -0.25) is 4.79 Å². The van der Waals surface area contributed by atoms with E-state index in [1.807, 2.05) is 0 Å². The van der Waals surface area contributed by atoms with E-state index >= 15 is 0 Å². The predicted octanol–water partition coefficient (Wildman–Crippen LogP) is 3.49. The van der Waals surface area contributed by atoms with E-state index in [0.717, 1.165) is 43.0 Å². The molecule has 0 radical (unpaired) electrons. The Balaban J connectivity index is 1.53. The quantitative estimate of drug-likeness (QED) is 0.445. The third-order valence-corrected chi connectivity index (χ3v) is 7.70. The molecule has 1 fully saturated rings. The van der Waals surface area contributed by atoms with E-state index in [-0.39, 0.29) is 27.8 Å². The molecule has 208 valence electrons. The van der Waals surface area contributed by atoms with E-state index in [4.69, 9.17) is 0 Å². The molecular weight excluding hydrogens is 561 g/mol. The van der Waals surface area contributed by atoms with Crippen LogP contribution < -0.4 is 5.32 Å². The van der Waals surface area contributed by atoms with Crippen LogP contribution in [0.1, 0.15) is 24.4 Å². The summed E-state index contributed by atoms with van der Waals surface area (Å²) in [4.78, 5) is 26.6. The number of halogens is 7. The first-order valence-corrected chi connectivity index (χ1v) is 12.5. The highest BCUT2D eigenvalue weighted by molar-refractivity contribution is 7.89. The highest BCUT2D eigenvalue weighted by Crippen LogP contribution is 2.40. The SMILES string of the molecule is O=C(NCc1cc(-c2cnc(C(F)(F)F)nc2)ncn1)[C@@H]1CC[C@H](C(F)(F)F)N1S(=O)(=O)c1ccc(F)cc1. The van der Waals surface area contributed by atoms with Gasteiger partial charge in [0.1, 0.15) is 24.2 Å². The van der Waals surface area contributed by atoms with Crippen LogP contribution in [0.15, 0.2) is 53.9 Å². The Morgan fingerprint density at radius 1 is 0.974 bits per heavy atom. The van der Waals surface area contributed by atoms with Crippen molar-refractivity contribution in [1.82, 2.24) is 29.6 Å². The summed E-state index contributed by atoms with van der Waals surface area (Å²) in [6.07, 6.45) is -8.03. The number of benzene rings is 1. The largest absolute Gasteiger partial charge is 0.451 e. The lowest BCUT2D eigenvalue weighted by Gasteiger charge is -2.30. The molecule has 39 heavy (non-hydrogen) atoms. The van der Waals surface area contributed by atoms with Crippen LogP contribution in [-0.2, 0) is 27.5 Å². The monoisotopic (exact) mass is 578 g/mol. The fourth-order valence-corrected chi connectivity index (χ4v) is 5.78. The molecule has 1 aliphatic rings. The van der Waals surface area contributed by atoms with Crippen molar-refractivity contribution < 1.29 is 43.9 Å². The van der Waals surface area contributed by atoms with Crippen molar-refractivity contribution in [1.29, 1.82) is 0 Å². The van der Waals surface area contributed by atoms with Gasteiger partial charge in [-0.1, -0.05) is 0 Å². The van der Waals surface area contributed by atoms with Crippen molar-refractivity contribution in [3.63, 3.8) is 0 Å². The van der Waals surface area contributed by atoms with Gasteiger partial charge >= 0.3 is 12.4 Å². The maximum absolute atomic E-state index is 13.7. The van der Waals surface area contributed by atoms with Crippen molar-refractivity contribution in [2.75, 3.05) is 0 Å². The number of nitrogens with one attached hydrogen (secondary N) is 1. The molecule has 2 aromatic heterocycles. The maximum atomic E-state index is 13.7. The summed E-state index contributed by atoms with van der Waals surface area (Å²) in [5, 5.41) is 2.34. The first-order valence-electron chi connectivity index (χ1n) is 11.0. The van der Waals surface area contributed by atoms with E-state index in [0.29, 0.717) is 0 Å². The molecule has 0 bridgehead atoms. The lowest BCUT2D eigenvalue weighted by atomic mass is 10.2. The molecule has 3 heterocycles. The maximum Gasteiger partial charge on any atom is 0.451 e. The molecule has 0 spiro atoms. The minimum atomic E-state index is -4.98. The van der Waals surface area contributed by atoms with Crippen molar-refractivity contribution in [2.24, 2.45) is 0 Å². The van der Waals surface area contributed by atoms with Crippen LogP contribution in [-0.4, -0.2) is 56.8 Å².